The predicted octanol–water partition coefficient (Wildman–Crippen LogP) is 4.18. The largest absolute Gasteiger partial charge is 0.455 e. The second-order valence-corrected chi connectivity index (χ2v) is 6.59. The molecule has 0 aliphatic heterocycles. The molecule has 0 unspecified atom stereocenters. The number of furan rings is 1. The molecule has 0 spiro atoms. The van der Waals surface area contributed by atoms with Gasteiger partial charge in [-0.3, -0.25) is 0 Å². The molecule has 4 rings (SSSR count). The number of nitrogens with zero attached hydrogens (tertiary/aromatic N) is 6. The Morgan fingerprint density at radius 1 is 1.07 bits per heavy atom. The van der Waals surface area contributed by atoms with Crippen LogP contribution < -0.4 is 0 Å². The number of hydrogen-bond donors (Lipinski definition) is 0. The first-order valence-corrected chi connectivity index (χ1v) is 8.75. The number of benzene rings is 1. The van der Waals surface area contributed by atoms with Crippen LogP contribution in [0.1, 0.15) is 23.0 Å². The highest BCUT2D eigenvalue weighted by Gasteiger charge is 2.13. The zero-order chi connectivity index (χ0) is 19.0. The van der Waals surface area contributed by atoms with E-state index in [4.69, 9.17) is 16.0 Å². The van der Waals surface area contributed by atoms with Gasteiger partial charge in [0.1, 0.15) is 11.5 Å². The minimum absolute atomic E-state index is 0.524. The summed E-state index contributed by atoms with van der Waals surface area (Å²) in [6.07, 6.45) is 1.62. The van der Waals surface area contributed by atoms with Crippen molar-refractivity contribution < 1.29 is 4.42 Å². The third-order valence-electron chi connectivity index (χ3n) is 4.02. The minimum atomic E-state index is 0.524. The van der Waals surface area contributed by atoms with Crippen LogP contribution in [-0.2, 0) is 0 Å². The van der Waals surface area contributed by atoms with E-state index in [1.807, 2.05) is 63.2 Å². The Morgan fingerprint density at radius 3 is 2.67 bits per heavy atom. The Morgan fingerprint density at radius 2 is 1.93 bits per heavy atom. The molecule has 136 valence electrons. The molecule has 0 bridgehead atoms. The summed E-state index contributed by atoms with van der Waals surface area (Å²) in [6.45, 7) is 5.72. The summed E-state index contributed by atoms with van der Waals surface area (Å²) in [4.78, 5) is 0. The van der Waals surface area contributed by atoms with Gasteiger partial charge in [-0.05, 0) is 51.1 Å². The van der Waals surface area contributed by atoms with Crippen LogP contribution in [0.5, 0.6) is 0 Å². The van der Waals surface area contributed by atoms with E-state index in [-0.39, 0.29) is 0 Å². The zero-order valence-electron chi connectivity index (χ0n) is 15.1. The van der Waals surface area contributed by atoms with Gasteiger partial charge < -0.3 is 4.42 Å². The van der Waals surface area contributed by atoms with E-state index in [2.05, 4.69) is 20.4 Å². The number of hydrogen-bond acceptors (Lipinski definition) is 5. The predicted molar refractivity (Wildman–Crippen MR) is 104 cm³/mol. The Balaban J connectivity index is 1.65. The third kappa shape index (κ3) is 3.41. The molecule has 1 aromatic carbocycles. The van der Waals surface area contributed by atoms with E-state index >= 15 is 0 Å². The van der Waals surface area contributed by atoms with Crippen molar-refractivity contribution in [3.05, 3.63) is 70.5 Å². The molecule has 3 heterocycles. The van der Waals surface area contributed by atoms with Crippen molar-refractivity contribution in [1.29, 1.82) is 0 Å². The lowest BCUT2D eigenvalue weighted by atomic mass is 10.2. The first-order valence-electron chi connectivity index (χ1n) is 8.37. The molecule has 8 heteroatoms. The maximum absolute atomic E-state index is 6.04. The van der Waals surface area contributed by atoms with Gasteiger partial charge in [0.25, 0.3) is 5.95 Å². The summed E-state index contributed by atoms with van der Waals surface area (Å²) >= 11 is 6.04. The van der Waals surface area contributed by atoms with Gasteiger partial charge >= 0.3 is 0 Å². The van der Waals surface area contributed by atoms with Gasteiger partial charge in [0.15, 0.2) is 5.82 Å². The lowest BCUT2D eigenvalue weighted by molar-refractivity contribution is 0.573. The van der Waals surface area contributed by atoms with Gasteiger partial charge in [0, 0.05) is 16.3 Å². The van der Waals surface area contributed by atoms with Crippen molar-refractivity contribution in [3.63, 3.8) is 0 Å². The molecule has 0 fully saturated rings. The number of aryl methyl sites for hydroxylation is 3. The van der Waals surface area contributed by atoms with Crippen LogP contribution in [0.3, 0.4) is 0 Å². The van der Waals surface area contributed by atoms with Crippen molar-refractivity contribution in [1.82, 2.24) is 24.7 Å². The SMILES string of the molecule is Cc1cc(C)n(-c2nnc(C)n2/N=C\c2ccc(-c3cccc(Cl)c3)o2)n1. The first kappa shape index (κ1) is 17.2. The Kier molecular flexibility index (Phi) is 4.37. The fourth-order valence-electron chi connectivity index (χ4n) is 2.78. The van der Waals surface area contributed by atoms with E-state index in [0.29, 0.717) is 22.6 Å². The van der Waals surface area contributed by atoms with Crippen molar-refractivity contribution in [3.8, 4) is 17.3 Å². The van der Waals surface area contributed by atoms with Gasteiger partial charge in [-0.25, -0.2) is 4.68 Å². The van der Waals surface area contributed by atoms with Crippen molar-refractivity contribution in [2.45, 2.75) is 20.8 Å². The number of aromatic nitrogens is 5. The highest BCUT2D eigenvalue weighted by atomic mass is 35.5. The van der Waals surface area contributed by atoms with Crippen molar-refractivity contribution in [2.24, 2.45) is 5.10 Å². The van der Waals surface area contributed by atoms with Gasteiger partial charge in [0.05, 0.1) is 11.9 Å². The molecule has 0 saturated carbocycles. The average molecular weight is 381 g/mol. The van der Waals surface area contributed by atoms with Crippen LogP contribution in [0.25, 0.3) is 17.3 Å². The smallest absolute Gasteiger partial charge is 0.273 e. The van der Waals surface area contributed by atoms with Crippen molar-refractivity contribution >= 4 is 17.8 Å². The molecular formula is C19H17ClN6O. The standard InChI is InChI=1S/C19H17ClN6O/c1-12-9-13(2)25(24-12)19-23-22-14(3)26(19)21-11-17-7-8-18(27-17)15-5-4-6-16(20)10-15/h4-11H,1-3H3/b21-11-. The summed E-state index contributed by atoms with van der Waals surface area (Å²) in [5.41, 5.74) is 2.77. The molecule has 7 nitrogen and oxygen atoms in total. The van der Waals surface area contributed by atoms with E-state index in [0.717, 1.165) is 22.7 Å². The maximum Gasteiger partial charge on any atom is 0.273 e. The number of rotatable bonds is 4. The van der Waals surface area contributed by atoms with E-state index in [1.165, 1.54) is 0 Å². The molecule has 0 aliphatic rings. The van der Waals surface area contributed by atoms with Gasteiger partial charge in [0.2, 0.25) is 0 Å². The molecule has 0 saturated heterocycles. The molecular weight excluding hydrogens is 364 g/mol. The summed E-state index contributed by atoms with van der Waals surface area (Å²) in [6, 6.07) is 13.2. The van der Waals surface area contributed by atoms with Crippen LogP contribution >= 0.6 is 11.6 Å². The molecule has 4 aromatic rings. The highest BCUT2D eigenvalue weighted by Crippen LogP contribution is 2.24. The third-order valence-corrected chi connectivity index (χ3v) is 4.25. The molecule has 0 radical (unpaired) electrons. The van der Waals surface area contributed by atoms with Gasteiger partial charge in [-0.2, -0.15) is 14.9 Å². The quantitative estimate of drug-likeness (QED) is 0.498. The van der Waals surface area contributed by atoms with Crippen LogP contribution in [0.15, 0.2) is 52.0 Å². The van der Waals surface area contributed by atoms with Crippen LogP contribution in [0.2, 0.25) is 5.02 Å². The van der Waals surface area contributed by atoms with E-state index in [9.17, 15) is 0 Å². The highest BCUT2D eigenvalue weighted by molar-refractivity contribution is 6.30. The second-order valence-electron chi connectivity index (χ2n) is 6.15. The first-order chi connectivity index (χ1) is 13.0. The molecule has 27 heavy (non-hydrogen) atoms. The zero-order valence-corrected chi connectivity index (χ0v) is 15.8. The fourth-order valence-corrected chi connectivity index (χ4v) is 2.97. The summed E-state index contributed by atoms with van der Waals surface area (Å²) < 4.78 is 9.19. The monoisotopic (exact) mass is 380 g/mol. The van der Waals surface area contributed by atoms with E-state index < -0.39 is 0 Å². The van der Waals surface area contributed by atoms with Crippen LogP contribution in [0, 0.1) is 20.8 Å². The molecule has 3 aromatic heterocycles. The van der Waals surface area contributed by atoms with Gasteiger partial charge in [-0.15, -0.1) is 10.2 Å². The Bertz CT molecular complexity index is 1140. The van der Waals surface area contributed by atoms with Gasteiger partial charge in [-0.1, -0.05) is 23.7 Å². The minimum Gasteiger partial charge on any atom is -0.455 e. The fraction of sp³-hybridized carbons (Fsp3) is 0.158. The maximum atomic E-state index is 6.04. The molecule has 0 N–H and O–H groups in total. The topological polar surface area (TPSA) is 74.0 Å². The van der Waals surface area contributed by atoms with Crippen molar-refractivity contribution in [2.75, 3.05) is 0 Å². The molecule has 0 amide bonds. The average Bonchev–Trinajstić information content (AvgIpc) is 3.32. The Hall–Kier alpha value is -3.19. The van der Waals surface area contributed by atoms with Crippen LogP contribution in [-0.4, -0.2) is 30.9 Å². The molecule has 0 aliphatic carbocycles. The lowest BCUT2D eigenvalue weighted by Gasteiger charge is -2.03. The second kappa shape index (κ2) is 6.85. The Labute approximate surface area is 160 Å². The van der Waals surface area contributed by atoms with Crippen LogP contribution in [0.4, 0.5) is 0 Å². The van der Waals surface area contributed by atoms with E-state index in [1.54, 1.807) is 15.6 Å². The summed E-state index contributed by atoms with van der Waals surface area (Å²) in [7, 11) is 0. The molecule has 0 atom stereocenters. The summed E-state index contributed by atoms with van der Waals surface area (Å²) in [5.74, 6) is 2.50. The number of halogens is 1. The normalized spacial score (nSPS) is 11.6. The summed E-state index contributed by atoms with van der Waals surface area (Å²) in [5, 5.41) is 17.9. The lowest BCUT2D eigenvalue weighted by Crippen LogP contribution is -2.07.